The second kappa shape index (κ2) is 7.90. The maximum atomic E-state index is 12.4. The first kappa shape index (κ1) is 18.3. The number of rotatable bonds is 6. The van der Waals surface area contributed by atoms with Gasteiger partial charge in [-0.05, 0) is 19.1 Å². The Labute approximate surface area is 167 Å². The molecular formula is C21H20N4O2S. The van der Waals surface area contributed by atoms with Crippen molar-refractivity contribution >= 4 is 28.6 Å². The van der Waals surface area contributed by atoms with Crippen molar-refractivity contribution in [2.45, 2.75) is 18.1 Å². The van der Waals surface area contributed by atoms with Gasteiger partial charge in [0.25, 0.3) is 0 Å². The Bertz CT molecular complexity index is 1070. The standard InChI is InChI=1S/C21H20N4O2S/c1-14(18-12-16-10-6-7-11-17(16)27-18)22-19(26)13-28-21-24-23-20(25(21)2)15-8-4-3-5-9-15/h3-12,14H,13H2,1-2H3,(H,22,26)/t14-/m0/s1. The summed E-state index contributed by atoms with van der Waals surface area (Å²) in [5, 5.41) is 13.2. The molecular weight excluding hydrogens is 372 g/mol. The van der Waals surface area contributed by atoms with Crippen LogP contribution in [-0.4, -0.2) is 26.4 Å². The van der Waals surface area contributed by atoms with Crippen molar-refractivity contribution < 1.29 is 9.21 Å². The van der Waals surface area contributed by atoms with E-state index in [2.05, 4.69) is 15.5 Å². The smallest absolute Gasteiger partial charge is 0.231 e. The lowest BCUT2D eigenvalue weighted by Gasteiger charge is -2.11. The zero-order chi connectivity index (χ0) is 19.5. The van der Waals surface area contributed by atoms with E-state index in [1.807, 2.05) is 79.2 Å². The number of nitrogens with one attached hydrogen (secondary N) is 1. The molecule has 142 valence electrons. The van der Waals surface area contributed by atoms with Gasteiger partial charge in [0, 0.05) is 18.0 Å². The Morgan fingerprint density at radius 1 is 1.14 bits per heavy atom. The molecule has 28 heavy (non-hydrogen) atoms. The molecule has 0 radical (unpaired) electrons. The van der Waals surface area contributed by atoms with Gasteiger partial charge in [-0.1, -0.05) is 60.3 Å². The molecule has 2 aromatic heterocycles. The summed E-state index contributed by atoms with van der Waals surface area (Å²) in [4.78, 5) is 12.4. The Morgan fingerprint density at radius 3 is 2.68 bits per heavy atom. The van der Waals surface area contributed by atoms with Gasteiger partial charge in [0.1, 0.15) is 11.3 Å². The van der Waals surface area contributed by atoms with Gasteiger partial charge in [-0.3, -0.25) is 4.79 Å². The van der Waals surface area contributed by atoms with Gasteiger partial charge in [0.2, 0.25) is 5.91 Å². The summed E-state index contributed by atoms with van der Waals surface area (Å²) < 4.78 is 7.72. The van der Waals surface area contributed by atoms with Crippen molar-refractivity contribution in [3.8, 4) is 11.4 Å². The van der Waals surface area contributed by atoms with Crippen molar-refractivity contribution in [3.05, 3.63) is 66.4 Å². The number of hydrogen-bond donors (Lipinski definition) is 1. The number of nitrogens with zero attached hydrogens (tertiary/aromatic N) is 3. The fourth-order valence-corrected chi connectivity index (χ4v) is 3.70. The second-order valence-electron chi connectivity index (χ2n) is 6.50. The first-order chi connectivity index (χ1) is 13.6. The summed E-state index contributed by atoms with van der Waals surface area (Å²) in [5.74, 6) is 1.69. The molecule has 0 aliphatic rings. The normalized spacial score (nSPS) is 12.2. The Kier molecular flexibility index (Phi) is 5.16. The fourth-order valence-electron chi connectivity index (χ4n) is 2.98. The molecule has 6 nitrogen and oxygen atoms in total. The Morgan fingerprint density at radius 2 is 1.89 bits per heavy atom. The van der Waals surface area contributed by atoms with E-state index in [-0.39, 0.29) is 17.7 Å². The van der Waals surface area contributed by atoms with Gasteiger partial charge in [-0.2, -0.15) is 0 Å². The molecule has 0 aliphatic carbocycles. The third-order valence-corrected chi connectivity index (χ3v) is 5.47. The first-order valence-electron chi connectivity index (χ1n) is 8.97. The monoisotopic (exact) mass is 392 g/mol. The lowest BCUT2D eigenvalue weighted by Crippen LogP contribution is -2.28. The zero-order valence-electron chi connectivity index (χ0n) is 15.6. The maximum absolute atomic E-state index is 12.4. The van der Waals surface area contributed by atoms with E-state index < -0.39 is 0 Å². The first-order valence-corrected chi connectivity index (χ1v) is 9.96. The molecule has 1 N–H and O–H groups in total. The highest BCUT2D eigenvalue weighted by atomic mass is 32.2. The quantitative estimate of drug-likeness (QED) is 0.498. The van der Waals surface area contributed by atoms with E-state index in [0.29, 0.717) is 5.16 Å². The van der Waals surface area contributed by atoms with Gasteiger partial charge in [0.15, 0.2) is 11.0 Å². The number of fused-ring (bicyclic) bond motifs is 1. The van der Waals surface area contributed by atoms with Crippen LogP contribution in [0.5, 0.6) is 0 Å². The van der Waals surface area contributed by atoms with Crippen LogP contribution in [0.25, 0.3) is 22.4 Å². The van der Waals surface area contributed by atoms with Gasteiger partial charge in [-0.15, -0.1) is 10.2 Å². The van der Waals surface area contributed by atoms with Crippen LogP contribution in [0, 0.1) is 0 Å². The van der Waals surface area contributed by atoms with E-state index >= 15 is 0 Å². The summed E-state index contributed by atoms with van der Waals surface area (Å²) in [6.07, 6.45) is 0. The Hall–Kier alpha value is -3.06. The van der Waals surface area contributed by atoms with Crippen LogP contribution in [0.2, 0.25) is 0 Å². The van der Waals surface area contributed by atoms with Crippen molar-refractivity contribution in [3.63, 3.8) is 0 Å². The molecule has 0 saturated carbocycles. The van der Waals surface area contributed by atoms with E-state index in [0.717, 1.165) is 28.1 Å². The van der Waals surface area contributed by atoms with E-state index in [9.17, 15) is 4.79 Å². The number of furan rings is 1. The van der Waals surface area contributed by atoms with Crippen LogP contribution in [0.1, 0.15) is 18.7 Å². The molecule has 0 bridgehead atoms. The molecule has 2 heterocycles. The number of carbonyl (C=O) groups excluding carboxylic acids is 1. The number of aromatic nitrogens is 3. The molecule has 0 saturated heterocycles. The average molecular weight is 392 g/mol. The molecule has 2 aromatic carbocycles. The fraction of sp³-hybridized carbons (Fsp3) is 0.190. The number of carbonyl (C=O) groups is 1. The van der Waals surface area contributed by atoms with E-state index in [1.54, 1.807) is 0 Å². The average Bonchev–Trinajstić information content (AvgIpc) is 3.30. The molecule has 7 heteroatoms. The summed E-state index contributed by atoms with van der Waals surface area (Å²) in [5.41, 5.74) is 1.81. The zero-order valence-corrected chi connectivity index (χ0v) is 16.4. The summed E-state index contributed by atoms with van der Waals surface area (Å²) in [6, 6.07) is 19.4. The van der Waals surface area contributed by atoms with Crippen LogP contribution in [0.15, 0.2) is 70.2 Å². The SMILES string of the molecule is C[C@H](NC(=O)CSc1nnc(-c2ccccc2)n1C)c1cc2ccccc2o1. The van der Waals surface area contributed by atoms with Crippen LogP contribution in [0.3, 0.4) is 0 Å². The molecule has 4 rings (SSSR count). The van der Waals surface area contributed by atoms with Crippen LogP contribution < -0.4 is 5.32 Å². The van der Waals surface area contributed by atoms with Crippen molar-refractivity contribution in [2.24, 2.45) is 7.05 Å². The highest BCUT2D eigenvalue weighted by Gasteiger charge is 2.16. The highest BCUT2D eigenvalue weighted by molar-refractivity contribution is 7.99. The lowest BCUT2D eigenvalue weighted by atomic mass is 10.2. The third kappa shape index (κ3) is 3.80. The molecule has 0 aliphatic heterocycles. The molecule has 1 atom stereocenters. The third-order valence-electron chi connectivity index (χ3n) is 4.45. The number of para-hydroxylation sites is 1. The molecule has 0 unspecified atom stereocenters. The topological polar surface area (TPSA) is 73.0 Å². The lowest BCUT2D eigenvalue weighted by molar-refractivity contribution is -0.119. The minimum atomic E-state index is -0.208. The predicted octanol–water partition coefficient (Wildman–Crippen LogP) is 4.20. The minimum Gasteiger partial charge on any atom is -0.459 e. The van der Waals surface area contributed by atoms with Crippen molar-refractivity contribution in [1.82, 2.24) is 20.1 Å². The molecule has 0 spiro atoms. The number of amides is 1. The van der Waals surface area contributed by atoms with Gasteiger partial charge in [0.05, 0.1) is 11.8 Å². The molecule has 0 fully saturated rings. The summed E-state index contributed by atoms with van der Waals surface area (Å²) in [7, 11) is 1.90. The van der Waals surface area contributed by atoms with Crippen molar-refractivity contribution in [2.75, 3.05) is 5.75 Å². The summed E-state index contributed by atoms with van der Waals surface area (Å²) in [6.45, 7) is 1.91. The predicted molar refractivity (Wildman–Crippen MR) is 110 cm³/mol. The van der Waals surface area contributed by atoms with Gasteiger partial charge >= 0.3 is 0 Å². The number of benzene rings is 2. The van der Waals surface area contributed by atoms with Crippen LogP contribution >= 0.6 is 11.8 Å². The van der Waals surface area contributed by atoms with Crippen LogP contribution in [-0.2, 0) is 11.8 Å². The molecule has 1 amide bonds. The second-order valence-corrected chi connectivity index (χ2v) is 7.44. The van der Waals surface area contributed by atoms with Crippen LogP contribution in [0.4, 0.5) is 0 Å². The Balaban J connectivity index is 1.37. The van der Waals surface area contributed by atoms with Crippen molar-refractivity contribution in [1.29, 1.82) is 0 Å². The van der Waals surface area contributed by atoms with Gasteiger partial charge in [-0.25, -0.2) is 0 Å². The summed E-state index contributed by atoms with van der Waals surface area (Å²) >= 11 is 1.36. The number of thioether (sulfide) groups is 1. The highest BCUT2D eigenvalue weighted by Crippen LogP contribution is 2.25. The minimum absolute atomic E-state index is 0.0813. The van der Waals surface area contributed by atoms with E-state index in [4.69, 9.17) is 4.42 Å². The number of hydrogen-bond acceptors (Lipinski definition) is 5. The largest absolute Gasteiger partial charge is 0.459 e. The van der Waals surface area contributed by atoms with E-state index in [1.165, 1.54) is 11.8 Å². The maximum Gasteiger partial charge on any atom is 0.231 e. The van der Waals surface area contributed by atoms with Gasteiger partial charge < -0.3 is 14.3 Å². The molecule has 4 aromatic rings.